The quantitative estimate of drug-likeness (QED) is 0.0262. The molecule has 0 spiro atoms. The van der Waals surface area contributed by atoms with Crippen LogP contribution in [0.5, 0.6) is 0 Å². The molecule has 0 radical (unpaired) electrons. The Morgan fingerprint density at radius 1 is 0.333 bits per heavy atom. The number of hydrogen-bond donors (Lipinski definition) is 0. The fraction of sp³-hybridized carbons (Fsp3) is 0.667. The van der Waals surface area contributed by atoms with E-state index in [1.165, 1.54) is 77.0 Å². The second-order valence-corrected chi connectivity index (χ2v) is 16.7. The predicted octanol–water partition coefficient (Wildman–Crippen LogP) is 17.0. The highest BCUT2D eigenvalue weighted by Crippen LogP contribution is 2.13. The Morgan fingerprint density at radius 2 is 0.635 bits per heavy atom. The Bertz CT molecular complexity index is 1280. The molecule has 0 saturated heterocycles. The molecule has 0 saturated carbocycles. The zero-order valence-electron chi connectivity index (χ0n) is 40.8. The second kappa shape index (κ2) is 51.0. The summed E-state index contributed by atoms with van der Waals surface area (Å²) in [4.78, 5) is 37.9. The van der Waals surface area contributed by atoms with Crippen LogP contribution < -0.4 is 0 Å². The Kier molecular flexibility index (Phi) is 48.0. The first-order valence-electron chi connectivity index (χ1n) is 25.7. The van der Waals surface area contributed by atoms with E-state index in [0.29, 0.717) is 19.3 Å². The maximum absolute atomic E-state index is 12.8. The normalized spacial score (nSPS) is 12.9. The van der Waals surface area contributed by atoms with Gasteiger partial charge >= 0.3 is 17.9 Å². The molecular weight excluding hydrogens is 781 g/mol. The molecule has 0 aromatic carbocycles. The molecule has 6 heteroatoms. The fourth-order valence-electron chi connectivity index (χ4n) is 6.72. The third kappa shape index (κ3) is 49.2. The number of ether oxygens (including phenoxy) is 3. The molecule has 0 rings (SSSR count). The molecule has 0 aromatic heterocycles. The zero-order chi connectivity index (χ0) is 45.8. The molecule has 0 aliphatic heterocycles. The number of carbonyl (C=O) groups is 3. The number of rotatable bonds is 45. The first kappa shape index (κ1) is 59.3. The summed E-state index contributed by atoms with van der Waals surface area (Å²) >= 11 is 0. The highest BCUT2D eigenvalue weighted by Gasteiger charge is 2.19. The molecule has 0 bridgehead atoms. The van der Waals surface area contributed by atoms with Gasteiger partial charge in [0.05, 0.1) is 0 Å². The lowest BCUT2D eigenvalue weighted by atomic mass is 10.1. The van der Waals surface area contributed by atoms with E-state index < -0.39 is 6.10 Å². The first-order valence-corrected chi connectivity index (χ1v) is 25.7. The molecule has 0 heterocycles. The molecule has 1 atom stereocenters. The largest absolute Gasteiger partial charge is 0.462 e. The van der Waals surface area contributed by atoms with Gasteiger partial charge in [-0.05, 0) is 96.3 Å². The number of esters is 3. The topological polar surface area (TPSA) is 78.9 Å². The third-order valence-electron chi connectivity index (χ3n) is 10.6. The van der Waals surface area contributed by atoms with Gasteiger partial charge in [0.2, 0.25) is 0 Å². The van der Waals surface area contributed by atoms with E-state index in [-0.39, 0.29) is 37.5 Å². The molecule has 0 fully saturated rings. The number of carbonyl (C=O) groups excluding carboxylic acids is 3. The van der Waals surface area contributed by atoms with Gasteiger partial charge in [0.1, 0.15) is 13.2 Å². The van der Waals surface area contributed by atoms with Crippen LogP contribution in [-0.2, 0) is 28.6 Å². The van der Waals surface area contributed by atoms with Gasteiger partial charge in [0, 0.05) is 19.3 Å². The van der Waals surface area contributed by atoms with Gasteiger partial charge < -0.3 is 14.2 Å². The summed E-state index contributed by atoms with van der Waals surface area (Å²) in [6.45, 7) is 6.41. The SMILES string of the molecule is CC/C=C\C/C=C\C/C=C\C/C=C\CCCCCCCCC(=O)OCC(COC(=O)CCCCCCCCCCC)OC(=O)CCC/C=C\C/C=C\C/C=C\C/C=C\CCCCC. The molecule has 0 N–H and O–H groups in total. The highest BCUT2D eigenvalue weighted by atomic mass is 16.6. The second-order valence-electron chi connectivity index (χ2n) is 16.7. The molecule has 6 nitrogen and oxygen atoms in total. The fourth-order valence-corrected chi connectivity index (χ4v) is 6.72. The average Bonchev–Trinajstić information content (AvgIpc) is 3.28. The predicted molar refractivity (Wildman–Crippen MR) is 270 cm³/mol. The number of unbranched alkanes of at least 4 members (excludes halogenated alkanes) is 18. The van der Waals surface area contributed by atoms with Crippen LogP contribution in [0.1, 0.15) is 226 Å². The number of allylic oxidation sites excluding steroid dienone is 16. The van der Waals surface area contributed by atoms with Crippen molar-refractivity contribution in [2.75, 3.05) is 13.2 Å². The van der Waals surface area contributed by atoms with Crippen molar-refractivity contribution in [3.63, 3.8) is 0 Å². The molecule has 0 amide bonds. The van der Waals surface area contributed by atoms with Gasteiger partial charge in [0.25, 0.3) is 0 Å². The van der Waals surface area contributed by atoms with Crippen LogP contribution in [0, 0.1) is 0 Å². The van der Waals surface area contributed by atoms with Gasteiger partial charge in [0.15, 0.2) is 6.10 Å². The van der Waals surface area contributed by atoms with Crippen molar-refractivity contribution in [3.05, 3.63) is 97.2 Å². The Balaban J connectivity index is 4.45. The minimum atomic E-state index is -0.810. The number of hydrogen-bond acceptors (Lipinski definition) is 6. The zero-order valence-corrected chi connectivity index (χ0v) is 40.8. The molecule has 63 heavy (non-hydrogen) atoms. The summed E-state index contributed by atoms with van der Waals surface area (Å²) in [5.74, 6) is -0.981. The lowest BCUT2D eigenvalue weighted by Gasteiger charge is -2.18. The summed E-state index contributed by atoms with van der Waals surface area (Å²) < 4.78 is 16.7. The van der Waals surface area contributed by atoms with Crippen molar-refractivity contribution in [1.82, 2.24) is 0 Å². The summed E-state index contributed by atoms with van der Waals surface area (Å²) in [6.07, 6.45) is 66.8. The maximum Gasteiger partial charge on any atom is 0.306 e. The van der Waals surface area contributed by atoms with Crippen LogP contribution in [0.15, 0.2) is 97.2 Å². The minimum absolute atomic E-state index is 0.104. The van der Waals surface area contributed by atoms with Crippen molar-refractivity contribution >= 4 is 17.9 Å². The molecular formula is C57H94O6. The van der Waals surface area contributed by atoms with E-state index in [1.807, 2.05) is 0 Å². The summed E-state index contributed by atoms with van der Waals surface area (Å²) in [7, 11) is 0. The van der Waals surface area contributed by atoms with Gasteiger partial charge in [-0.15, -0.1) is 0 Å². The van der Waals surface area contributed by atoms with Crippen LogP contribution in [-0.4, -0.2) is 37.2 Å². The Labute approximate surface area is 387 Å². The Morgan fingerprint density at radius 3 is 1.05 bits per heavy atom. The highest BCUT2D eigenvalue weighted by molar-refractivity contribution is 5.71. The smallest absolute Gasteiger partial charge is 0.306 e. The van der Waals surface area contributed by atoms with Crippen molar-refractivity contribution in [3.8, 4) is 0 Å². The van der Waals surface area contributed by atoms with E-state index in [4.69, 9.17) is 14.2 Å². The third-order valence-corrected chi connectivity index (χ3v) is 10.6. The van der Waals surface area contributed by atoms with Crippen molar-refractivity contribution in [2.24, 2.45) is 0 Å². The van der Waals surface area contributed by atoms with E-state index in [9.17, 15) is 14.4 Å². The van der Waals surface area contributed by atoms with Gasteiger partial charge in [-0.25, -0.2) is 0 Å². The van der Waals surface area contributed by atoms with Crippen molar-refractivity contribution in [1.29, 1.82) is 0 Å². The van der Waals surface area contributed by atoms with Crippen LogP contribution in [0.25, 0.3) is 0 Å². The van der Waals surface area contributed by atoms with E-state index in [1.54, 1.807) is 0 Å². The van der Waals surface area contributed by atoms with Crippen LogP contribution >= 0.6 is 0 Å². The average molecular weight is 875 g/mol. The van der Waals surface area contributed by atoms with Crippen LogP contribution in [0.2, 0.25) is 0 Å². The summed E-state index contributed by atoms with van der Waals surface area (Å²) in [6, 6.07) is 0. The molecule has 0 aromatic rings. The van der Waals surface area contributed by atoms with E-state index in [2.05, 4.69) is 118 Å². The van der Waals surface area contributed by atoms with Crippen molar-refractivity contribution < 1.29 is 28.6 Å². The van der Waals surface area contributed by atoms with Gasteiger partial charge in [-0.2, -0.15) is 0 Å². The van der Waals surface area contributed by atoms with E-state index in [0.717, 1.165) is 103 Å². The minimum Gasteiger partial charge on any atom is -0.462 e. The van der Waals surface area contributed by atoms with E-state index >= 15 is 0 Å². The monoisotopic (exact) mass is 875 g/mol. The van der Waals surface area contributed by atoms with Crippen LogP contribution in [0.3, 0.4) is 0 Å². The first-order chi connectivity index (χ1) is 31.0. The Hall–Kier alpha value is -3.67. The van der Waals surface area contributed by atoms with Crippen molar-refractivity contribution in [2.45, 2.75) is 232 Å². The lowest BCUT2D eigenvalue weighted by molar-refractivity contribution is -0.167. The van der Waals surface area contributed by atoms with Gasteiger partial charge in [-0.1, -0.05) is 208 Å². The summed E-state index contributed by atoms with van der Waals surface area (Å²) in [5, 5.41) is 0. The lowest BCUT2D eigenvalue weighted by Crippen LogP contribution is -2.30. The molecule has 0 aliphatic carbocycles. The molecule has 0 aliphatic rings. The van der Waals surface area contributed by atoms with Gasteiger partial charge in [-0.3, -0.25) is 14.4 Å². The maximum atomic E-state index is 12.8. The molecule has 1 unspecified atom stereocenters. The standard InChI is InChI=1S/C57H94O6/c1-4-7-10-13-16-19-21-23-25-27-28-30-31-33-35-38-41-44-47-50-56(59)62-53-54(52-61-55(58)49-46-43-40-37-18-15-12-9-6-3)63-57(60)51-48-45-42-39-36-34-32-29-26-24-22-20-17-14-11-8-5-2/h7,10,16-17,19-20,23-26,28,30,32,34,39,42,54H,4-6,8-9,11-15,18,21-22,27,29,31,33,35-38,40-41,43-53H2,1-3H3/b10-7-,19-16-,20-17-,25-23-,26-24-,30-28-,34-32-,42-39-. The summed E-state index contributed by atoms with van der Waals surface area (Å²) in [5.41, 5.74) is 0. The molecule has 358 valence electrons. The van der Waals surface area contributed by atoms with Crippen LogP contribution in [0.4, 0.5) is 0 Å².